The van der Waals surface area contributed by atoms with Crippen LogP contribution in [0, 0.1) is 17.8 Å². The first-order valence-electron chi connectivity index (χ1n) is 14.5. The number of fused-ring (bicyclic) bond motifs is 1. The summed E-state index contributed by atoms with van der Waals surface area (Å²) in [6.07, 6.45) is 6.04. The molecule has 3 aliphatic rings. The molecule has 226 valence electrons. The topological polar surface area (TPSA) is 114 Å². The van der Waals surface area contributed by atoms with Gasteiger partial charge in [0, 0.05) is 30.1 Å². The van der Waals surface area contributed by atoms with Crippen molar-refractivity contribution in [1.29, 1.82) is 0 Å². The lowest BCUT2D eigenvalue weighted by Gasteiger charge is -2.39. The quantitative estimate of drug-likeness (QED) is 0.340. The summed E-state index contributed by atoms with van der Waals surface area (Å²) in [4.78, 5) is 26.8. The number of alkyl halides is 2. The maximum Gasteiger partial charge on any atom is 0.287 e. The first-order valence-corrected chi connectivity index (χ1v) is 16.4. The van der Waals surface area contributed by atoms with Crippen LogP contribution in [-0.4, -0.2) is 48.2 Å². The highest BCUT2D eigenvalue weighted by Gasteiger charge is 2.52. The van der Waals surface area contributed by atoms with Crippen LogP contribution in [-0.2, 0) is 20.2 Å². The molecule has 10 heteroatoms. The van der Waals surface area contributed by atoms with Crippen molar-refractivity contribution in [2.24, 2.45) is 5.41 Å². The summed E-state index contributed by atoms with van der Waals surface area (Å²) < 4.78 is 57.6. The molecular weight excluding hydrogens is 576 g/mol. The predicted molar refractivity (Wildman–Crippen MR) is 157 cm³/mol. The van der Waals surface area contributed by atoms with Gasteiger partial charge in [0.25, 0.3) is 5.91 Å². The molecule has 2 saturated carbocycles. The molecule has 1 saturated heterocycles. The highest BCUT2D eigenvalue weighted by atomic mass is 32.2. The Morgan fingerprint density at radius 1 is 0.907 bits per heavy atom. The second-order valence-corrected chi connectivity index (χ2v) is 14.8. The van der Waals surface area contributed by atoms with E-state index in [1.165, 1.54) is 0 Å². The number of ketones is 1. The normalized spacial score (nSPS) is 22.7. The molecule has 2 heterocycles. The minimum absolute atomic E-state index is 0.0282. The van der Waals surface area contributed by atoms with Crippen LogP contribution >= 0.6 is 0 Å². The molecular formula is C33H33F2NO6S. The fraction of sp³-hybridized carbons (Fsp3) is 0.455. The lowest BCUT2D eigenvalue weighted by atomic mass is 9.74. The number of carbonyl (C=O) groups excluding carboxylic acids is 2. The van der Waals surface area contributed by atoms with Gasteiger partial charge in [-0.1, -0.05) is 42.3 Å². The van der Waals surface area contributed by atoms with Crippen molar-refractivity contribution >= 4 is 32.5 Å². The number of aliphatic hydroxyl groups is 1. The largest absolute Gasteiger partial charge is 0.451 e. The number of terminal acetylenes is 1. The molecule has 7 nitrogen and oxygen atoms in total. The smallest absolute Gasteiger partial charge is 0.287 e. The molecule has 1 amide bonds. The standard InChI is InChI=1S/C33H33F2NO6S/c1-2-30(9-10-30)21-28(37)31(11-13-33(34,35)14-12-31)36-29(38)27-20-24-4-3-23(19-26(24)42-27)22-5-7-25(8-6-22)32(39)15-17-43(40,41)18-16-32/h1,3-8,19-20,39H,9-18,21H2,(H,36,38). The number of nitrogens with one attached hydrogen (secondary N) is 1. The van der Waals surface area contributed by atoms with Gasteiger partial charge < -0.3 is 14.8 Å². The molecule has 0 spiro atoms. The Kier molecular flexibility index (Phi) is 7.05. The van der Waals surface area contributed by atoms with Crippen LogP contribution < -0.4 is 5.32 Å². The second kappa shape index (κ2) is 10.3. The van der Waals surface area contributed by atoms with Crippen molar-refractivity contribution in [3.63, 3.8) is 0 Å². The fourth-order valence-electron chi connectivity index (χ4n) is 6.25. The van der Waals surface area contributed by atoms with Gasteiger partial charge in [-0.15, -0.1) is 6.42 Å². The Morgan fingerprint density at radius 2 is 1.53 bits per heavy atom. The molecule has 0 bridgehead atoms. The zero-order chi connectivity index (χ0) is 30.7. The van der Waals surface area contributed by atoms with E-state index in [2.05, 4.69) is 11.2 Å². The summed E-state index contributed by atoms with van der Waals surface area (Å²) in [6.45, 7) is 0. The van der Waals surface area contributed by atoms with E-state index in [4.69, 9.17) is 10.8 Å². The number of amides is 1. The van der Waals surface area contributed by atoms with Gasteiger partial charge in [-0.3, -0.25) is 9.59 Å². The molecule has 0 unspecified atom stereocenters. The van der Waals surface area contributed by atoms with Gasteiger partial charge in [-0.25, -0.2) is 17.2 Å². The summed E-state index contributed by atoms with van der Waals surface area (Å²) in [5.74, 6) is -1.31. The molecule has 0 atom stereocenters. The summed E-state index contributed by atoms with van der Waals surface area (Å²) in [5.41, 5.74) is -0.449. The fourth-order valence-corrected chi connectivity index (χ4v) is 7.76. The minimum atomic E-state index is -3.12. The molecule has 43 heavy (non-hydrogen) atoms. The minimum Gasteiger partial charge on any atom is -0.451 e. The number of Topliss-reactive ketones (excluding diaryl/α,β-unsaturated/α-hetero) is 1. The van der Waals surface area contributed by atoms with E-state index in [-0.39, 0.29) is 55.2 Å². The number of hydrogen-bond donors (Lipinski definition) is 2. The second-order valence-electron chi connectivity index (χ2n) is 12.5. The molecule has 6 rings (SSSR count). The average molecular weight is 610 g/mol. The third-order valence-corrected chi connectivity index (χ3v) is 11.2. The summed E-state index contributed by atoms with van der Waals surface area (Å²) in [7, 11) is -3.12. The SMILES string of the molecule is C#CC1(CC(=O)C2(NC(=O)c3cc4ccc(-c5ccc(C6(O)CCS(=O)(=O)CC6)cc5)cc4o3)CCC(F)(F)CC2)CC1. The van der Waals surface area contributed by atoms with Crippen LogP contribution in [0.4, 0.5) is 8.78 Å². The molecule has 2 N–H and O–H groups in total. The highest BCUT2D eigenvalue weighted by molar-refractivity contribution is 7.91. The number of halogens is 2. The monoisotopic (exact) mass is 609 g/mol. The van der Waals surface area contributed by atoms with Crippen LogP contribution in [0.25, 0.3) is 22.1 Å². The van der Waals surface area contributed by atoms with Crippen LogP contribution in [0.5, 0.6) is 0 Å². The van der Waals surface area contributed by atoms with E-state index >= 15 is 0 Å². The molecule has 1 aromatic heterocycles. The van der Waals surface area contributed by atoms with Gasteiger partial charge in [0.2, 0.25) is 5.92 Å². The Bertz CT molecular complexity index is 1720. The molecule has 1 aliphatic heterocycles. The molecule has 0 radical (unpaired) electrons. The van der Waals surface area contributed by atoms with Crippen molar-refractivity contribution in [3.8, 4) is 23.5 Å². The molecule has 2 aliphatic carbocycles. The lowest BCUT2D eigenvalue weighted by molar-refractivity contribution is -0.131. The maximum absolute atomic E-state index is 14.1. The van der Waals surface area contributed by atoms with E-state index < -0.39 is 51.1 Å². The Morgan fingerprint density at radius 3 is 2.14 bits per heavy atom. The van der Waals surface area contributed by atoms with Crippen LogP contribution in [0.15, 0.2) is 52.9 Å². The average Bonchev–Trinajstić information content (AvgIpc) is 3.62. The lowest BCUT2D eigenvalue weighted by Crippen LogP contribution is -2.58. The van der Waals surface area contributed by atoms with Gasteiger partial charge in [0.05, 0.1) is 22.6 Å². The Balaban J connectivity index is 1.20. The Hall–Kier alpha value is -3.55. The predicted octanol–water partition coefficient (Wildman–Crippen LogP) is 5.55. The van der Waals surface area contributed by atoms with E-state index in [9.17, 15) is 31.9 Å². The zero-order valence-electron chi connectivity index (χ0n) is 23.6. The summed E-state index contributed by atoms with van der Waals surface area (Å²) in [5, 5.41) is 14.4. The third kappa shape index (κ3) is 5.85. The molecule has 3 aromatic rings. The van der Waals surface area contributed by atoms with Gasteiger partial charge >= 0.3 is 0 Å². The van der Waals surface area contributed by atoms with Gasteiger partial charge in [0.1, 0.15) is 5.58 Å². The summed E-state index contributed by atoms with van der Waals surface area (Å²) >= 11 is 0. The number of sulfone groups is 1. The van der Waals surface area contributed by atoms with Gasteiger partial charge in [-0.05, 0) is 67.3 Å². The molecule has 2 aromatic carbocycles. The van der Waals surface area contributed by atoms with Crippen LogP contribution in [0.2, 0.25) is 0 Å². The molecule has 3 fully saturated rings. The Labute approximate surface area is 249 Å². The first kappa shape index (κ1) is 29.5. The number of rotatable bonds is 7. The van der Waals surface area contributed by atoms with Crippen LogP contribution in [0.1, 0.15) is 73.9 Å². The van der Waals surface area contributed by atoms with Crippen molar-refractivity contribution in [2.75, 3.05) is 11.5 Å². The van der Waals surface area contributed by atoms with Gasteiger partial charge in [-0.2, -0.15) is 0 Å². The van der Waals surface area contributed by atoms with E-state index in [1.807, 2.05) is 18.2 Å². The number of hydrogen-bond acceptors (Lipinski definition) is 6. The summed E-state index contributed by atoms with van der Waals surface area (Å²) in [6, 6.07) is 14.2. The van der Waals surface area contributed by atoms with E-state index in [1.54, 1.807) is 30.3 Å². The highest BCUT2D eigenvalue weighted by Crippen LogP contribution is 2.50. The number of furan rings is 1. The van der Waals surface area contributed by atoms with E-state index in [0.29, 0.717) is 29.4 Å². The van der Waals surface area contributed by atoms with Crippen LogP contribution in [0.3, 0.4) is 0 Å². The van der Waals surface area contributed by atoms with Gasteiger partial charge in [0.15, 0.2) is 21.4 Å². The number of benzene rings is 2. The first-order chi connectivity index (χ1) is 20.3. The van der Waals surface area contributed by atoms with Crippen molar-refractivity contribution in [2.45, 2.75) is 74.8 Å². The van der Waals surface area contributed by atoms with Crippen molar-refractivity contribution in [1.82, 2.24) is 5.32 Å². The van der Waals surface area contributed by atoms with Crippen molar-refractivity contribution in [3.05, 3.63) is 59.9 Å². The number of carbonyl (C=O) groups is 2. The third-order valence-electron chi connectivity index (χ3n) is 9.53. The van der Waals surface area contributed by atoms with E-state index in [0.717, 1.165) is 11.1 Å². The maximum atomic E-state index is 14.1. The van der Waals surface area contributed by atoms with Crippen molar-refractivity contribution < 1.29 is 36.3 Å². The zero-order valence-corrected chi connectivity index (χ0v) is 24.4.